The van der Waals surface area contributed by atoms with Gasteiger partial charge in [0, 0.05) is 10.8 Å². The molecule has 0 aliphatic heterocycles. The van der Waals surface area contributed by atoms with Crippen molar-refractivity contribution in [1.29, 1.82) is 0 Å². The van der Waals surface area contributed by atoms with Crippen LogP contribution in [0.5, 0.6) is 0 Å². The van der Waals surface area contributed by atoms with Gasteiger partial charge in [0.05, 0.1) is 30.6 Å². The predicted molar refractivity (Wildman–Crippen MR) is 94.4 cm³/mol. The highest BCUT2D eigenvalue weighted by Gasteiger charge is 2.33. The summed E-state index contributed by atoms with van der Waals surface area (Å²) in [4.78, 5) is 30.9. The number of aliphatic hydroxyl groups is 2. The normalized spacial score (nSPS) is 18.5. The molecule has 8 heteroatoms. The molecule has 2 aromatic rings. The second kappa shape index (κ2) is 6.86. The van der Waals surface area contributed by atoms with E-state index in [4.69, 9.17) is 5.11 Å². The highest BCUT2D eigenvalue weighted by molar-refractivity contribution is 7.18. The second-order valence-corrected chi connectivity index (χ2v) is 7.86. The third kappa shape index (κ3) is 3.09. The summed E-state index contributed by atoms with van der Waals surface area (Å²) in [7, 11) is 0. The molecule has 0 fully saturated rings. The minimum absolute atomic E-state index is 0.0441. The van der Waals surface area contributed by atoms with Crippen LogP contribution < -0.4 is 5.56 Å². The van der Waals surface area contributed by atoms with Crippen LogP contribution in [-0.4, -0.2) is 43.6 Å². The van der Waals surface area contributed by atoms with Gasteiger partial charge in [-0.25, -0.2) is 4.98 Å². The lowest BCUT2D eigenvalue weighted by Gasteiger charge is -2.20. The van der Waals surface area contributed by atoms with Gasteiger partial charge in [0.25, 0.3) is 5.56 Å². The van der Waals surface area contributed by atoms with E-state index >= 15 is 0 Å². The molecule has 0 spiro atoms. The van der Waals surface area contributed by atoms with Crippen molar-refractivity contribution in [1.82, 2.24) is 9.55 Å². The number of thiophene rings is 1. The van der Waals surface area contributed by atoms with Crippen LogP contribution in [-0.2, 0) is 17.8 Å². The molecule has 3 N–H and O–H groups in total. The molecule has 0 amide bonds. The van der Waals surface area contributed by atoms with Crippen molar-refractivity contribution in [3.05, 3.63) is 26.6 Å². The standard InChI is InChI=1S/C17H22N2O5S/c1-8(2)14-18-15-13(16(22)19(14)6-9(21)7-20)12-10(17(23)24)4-3-5-11(12)25-15/h8-10,20-21H,3-7H2,1-2H3,(H,23,24). The maximum Gasteiger partial charge on any atom is 0.311 e. The Morgan fingerprint density at radius 3 is 2.76 bits per heavy atom. The number of fused-ring (bicyclic) bond motifs is 3. The fourth-order valence-electron chi connectivity index (χ4n) is 3.46. The van der Waals surface area contributed by atoms with Gasteiger partial charge in [-0.2, -0.15) is 0 Å². The Labute approximate surface area is 148 Å². The van der Waals surface area contributed by atoms with Crippen LogP contribution in [0.1, 0.15) is 54.8 Å². The molecule has 1 aliphatic rings. The van der Waals surface area contributed by atoms with Gasteiger partial charge in [0.1, 0.15) is 10.7 Å². The Bertz CT molecular complexity index is 870. The van der Waals surface area contributed by atoms with Gasteiger partial charge in [-0.05, 0) is 24.8 Å². The van der Waals surface area contributed by atoms with Crippen LogP contribution in [0.15, 0.2) is 4.79 Å². The SMILES string of the molecule is CC(C)c1nc2sc3c(c2c(=O)n1CC(O)CO)C(C(=O)O)CCC3. The summed E-state index contributed by atoms with van der Waals surface area (Å²) in [6.07, 6.45) is 0.985. The topological polar surface area (TPSA) is 113 Å². The van der Waals surface area contributed by atoms with Gasteiger partial charge in [-0.3, -0.25) is 14.2 Å². The van der Waals surface area contributed by atoms with Gasteiger partial charge >= 0.3 is 5.97 Å². The van der Waals surface area contributed by atoms with E-state index in [0.717, 1.165) is 17.7 Å². The van der Waals surface area contributed by atoms with Gasteiger partial charge in [0.2, 0.25) is 0 Å². The van der Waals surface area contributed by atoms with E-state index in [1.165, 1.54) is 15.9 Å². The summed E-state index contributed by atoms with van der Waals surface area (Å²) in [5, 5.41) is 28.9. The number of aliphatic carboxylic acids is 1. The Balaban J connectivity index is 2.30. The lowest BCUT2D eigenvalue weighted by atomic mass is 9.86. The number of hydrogen-bond acceptors (Lipinski definition) is 6. The van der Waals surface area contributed by atoms with E-state index in [1.54, 1.807) is 0 Å². The van der Waals surface area contributed by atoms with Crippen molar-refractivity contribution in [2.45, 2.75) is 57.6 Å². The van der Waals surface area contributed by atoms with Gasteiger partial charge in [-0.15, -0.1) is 11.3 Å². The number of aliphatic hydroxyl groups excluding tert-OH is 2. The van der Waals surface area contributed by atoms with Crippen LogP contribution in [0.3, 0.4) is 0 Å². The van der Waals surface area contributed by atoms with Crippen molar-refractivity contribution >= 4 is 27.5 Å². The summed E-state index contributed by atoms with van der Waals surface area (Å²) in [5.41, 5.74) is 0.269. The molecule has 7 nitrogen and oxygen atoms in total. The molecule has 0 bridgehead atoms. The maximum atomic E-state index is 13.2. The Morgan fingerprint density at radius 1 is 1.44 bits per heavy atom. The first-order chi connectivity index (χ1) is 11.8. The summed E-state index contributed by atoms with van der Waals surface area (Å²) in [5.74, 6) is -1.11. The first-order valence-electron chi connectivity index (χ1n) is 8.42. The van der Waals surface area contributed by atoms with E-state index < -0.39 is 24.6 Å². The zero-order valence-electron chi connectivity index (χ0n) is 14.2. The number of carboxylic acids is 1. The van der Waals surface area contributed by atoms with Crippen LogP contribution in [0.25, 0.3) is 10.2 Å². The quantitative estimate of drug-likeness (QED) is 0.738. The maximum absolute atomic E-state index is 13.2. The molecule has 3 rings (SSSR count). The van der Waals surface area contributed by atoms with Gasteiger partial charge < -0.3 is 15.3 Å². The molecule has 0 saturated heterocycles. The highest BCUT2D eigenvalue weighted by atomic mass is 32.1. The molecule has 2 atom stereocenters. The summed E-state index contributed by atoms with van der Waals surface area (Å²) >= 11 is 1.40. The molecule has 0 saturated carbocycles. The van der Waals surface area contributed by atoms with Crippen molar-refractivity contribution < 1.29 is 20.1 Å². The van der Waals surface area contributed by atoms with Crippen molar-refractivity contribution in [3.8, 4) is 0 Å². The molecule has 1 aliphatic carbocycles. The van der Waals surface area contributed by atoms with Crippen molar-refractivity contribution in [2.24, 2.45) is 0 Å². The Morgan fingerprint density at radius 2 is 2.16 bits per heavy atom. The van der Waals surface area contributed by atoms with Crippen LogP contribution in [0.2, 0.25) is 0 Å². The number of aryl methyl sites for hydroxylation is 1. The number of hydrogen-bond donors (Lipinski definition) is 3. The molecule has 25 heavy (non-hydrogen) atoms. The average molecular weight is 366 g/mol. The first kappa shape index (κ1) is 18.0. The smallest absolute Gasteiger partial charge is 0.311 e. The fourth-order valence-corrected chi connectivity index (χ4v) is 4.74. The third-order valence-corrected chi connectivity index (χ3v) is 5.78. The minimum Gasteiger partial charge on any atom is -0.481 e. The minimum atomic E-state index is -1.07. The number of rotatable bonds is 5. The second-order valence-electron chi connectivity index (χ2n) is 6.78. The average Bonchev–Trinajstić information content (AvgIpc) is 2.95. The molecule has 136 valence electrons. The van der Waals surface area contributed by atoms with E-state index in [-0.39, 0.29) is 18.0 Å². The molecule has 0 aromatic carbocycles. The number of nitrogens with zero attached hydrogens (tertiary/aromatic N) is 2. The zero-order chi connectivity index (χ0) is 18.3. The monoisotopic (exact) mass is 366 g/mol. The summed E-state index contributed by atoms with van der Waals surface area (Å²) in [6.45, 7) is 3.29. The van der Waals surface area contributed by atoms with Crippen LogP contribution in [0, 0.1) is 0 Å². The first-order valence-corrected chi connectivity index (χ1v) is 9.24. The van der Waals surface area contributed by atoms with E-state index in [9.17, 15) is 19.8 Å². The summed E-state index contributed by atoms with van der Waals surface area (Å²) < 4.78 is 1.38. The molecule has 2 heterocycles. The van der Waals surface area contributed by atoms with Crippen LogP contribution in [0.4, 0.5) is 0 Å². The Hall–Kier alpha value is -1.77. The largest absolute Gasteiger partial charge is 0.481 e. The number of aromatic nitrogens is 2. The van der Waals surface area contributed by atoms with Crippen molar-refractivity contribution in [2.75, 3.05) is 6.61 Å². The van der Waals surface area contributed by atoms with E-state index in [2.05, 4.69) is 4.98 Å². The summed E-state index contributed by atoms with van der Waals surface area (Å²) in [6, 6.07) is 0. The molecular formula is C17H22N2O5S. The van der Waals surface area contributed by atoms with Crippen LogP contribution >= 0.6 is 11.3 Å². The van der Waals surface area contributed by atoms with Crippen molar-refractivity contribution in [3.63, 3.8) is 0 Å². The predicted octanol–water partition coefficient (Wildman–Crippen LogP) is 1.44. The fraction of sp³-hybridized carbons (Fsp3) is 0.588. The third-order valence-electron chi connectivity index (χ3n) is 4.62. The lowest BCUT2D eigenvalue weighted by molar-refractivity contribution is -0.139. The van der Waals surface area contributed by atoms with E-state index in [1.807, 2.05) is 13.8 Å². The lowest BCUT2D eigenvalue weighted by Crippen LogP contribution is -2.33. The Kier molecular flexibility index (Phi) is 4.95. The molecular weight excluding hydrogens is 344 g/mol. The molecule has 0 radical (unpaired) electrons. The van der Waals surface area contributed by atoms with Gasteiger partial charge in [0.15, 0.2) is 0 Å². The highest BCUT2D eigenvalue weighted by Crippen LogP contribution is 2.40. The molecule has 2 aromatic heterocycles. The number of carbonyl (C=O) groups is 1. The zero-order valence-corrected chi connectivity index (χ0v) is 15.0. The van der Waals surface area contributed by atoms with E-state index in [0.29, 0.717) is 28.0 Å². The van der Waals surface area contributed by atoms with Gasteiger partial charge in [-0.1, -0.05) is 13.8 Å². The number of carboxylic acid groups (broad SMARTS) is 1. The molecule has 2 unspecified atom stereocenters.